The molecule has 80 valence electrons. The van der Waals surface area contributed by atoms with Crippen molar-refractivity contribution in [1.29, 1.82) is 0 Å². The number of Topliss-reactive ketones (excluding diaryl/α,β-unsaturated/α-hetero) is 1. The Morgan fingerprint density at radius 2 is 2.00 bits per heavy atom. The highest BCUT2D eigenvalue weighted by Gasteiger charge is 2.45. The van der Waals surface area contributed by atoms with Crippen LogP contribution < -0.4 is 5.32 Å². The van der Waals surface area contributed by atoms with Crippen LogP contribution in [0.4, 0.5) is 0 Å². The largest absolute Gasteiger partial charge is 0.352 e. The number of β-lactam (4-membered cyclic amide) rings is 1. The average molecular weight is 197 g/mol. The molecule has 0 radical (unpaired) electrons. The number of amides is 1. The van der Waals surface area contributed by atoms with E-state index in [0.29, 0.717) is 12.3 Å². The number of carbonyl (C=O) groups excluding carboxylic acids is 2. The summed E-state index contributed by atoms with van der Waals surface area (Å²) < 4.78 is 0. The van der Waals surface area contributed by atoms with Gasteiger partial charge in [-0.1, -0.05) is 27.7 Å². The van der Waals surface area contributed by atoms with E-state index in [1.54, 1.807) is 0 Å². The minimum atomic E-state index is -0.0369. The van der Waals surface area contributed by atoms with E-state index in [9.17, 15) is 9.59 Å². The predicted molar refractivity (Wildman–Crippen MR) is 54.7 cm³/mol. The highest BCUT2D eigenvalue weighted by molar-refractivity contribution is 5.90. The van der Waals surface area contributed by atoms with E-state index >= 15 is 0 Å². The highest BCUT2D eigenvalue weighted by Crippen LogP contribution is 2.29. The molecule has 0 aromatic carbocycles. The maximum absolute atomic E-state index is 11.5. The fraction of sp³-hybridized carbons (Fsp3) is 0.818. The van der Waals surface area contributed by atoms with E-state index < -0.39 is 0 Å². The van der Waals surface area contributed by atoms with Gasteiger partial charge in [0.15, 0.2) is 0 Å². The summed E-state index contributed by atoms with van der Waals surface area (Å²) in [6.07, 6.45) is 0.554. The summed E-state index contributed by atoms with van der Waals surface area (Å²) in [6.45, 7) is 7.83. The molecule has 0 aromatic heterocycles. The van der Waals surface area contributed by atoms with Gasteiger partial charge in [-0.25, -0.2) is 0 Å². The Bertz CT molecular complexity index is 248. The maximum atomic E-state index is 11.5. The van der Waals surface area contributed by atoms with Gasteiger partial charge in [0.25, 0.3) is 0 Å². The third-order valence-electron chi connectivity index (χ3n) is 3.11. The van der Waals surface area contributed by atoms with Crippen LogP contribution in [0.25, 0.3) is 0 Å². The standard InChI is InChI=1S/C11H19NO2/c1-5-8(13)7(4)10-9(6(2)3)11(14)12-10/h6-7,9-10H,5H2,1-4H3,(H,12,14). The Balaban J connectivity index is 2.62. The van der Waals surface area contributed by atoms with Crippen LogP contribution >= 0.6 is 0 Å². The number of hydrogen-bond donors (Lipinski definition) is 1. The molecule has 1 heterocycles. The molecule has 0 aromatic rings. The molecule has 1 aliphatic rings. The Morgan fingerprint density at radius 3 is 2.36 bits per heavy atom. The lowest BCUT2D eigenvalue weighted by atomic mass is 9.74. The zero-order valence-corrected chi connectivity index (χ0v) is 9.33. The van der Waals surface area contributed by atoms with Gasteiger partial charge in [-0.05, 0) is 5.92 Å². The van der Waals surface area contributed by atoms with E-state index in [2.05, 4.69) is 5.32 Å². The second-order valence-corrected chi connectivity index (χ2v) is 4.41. The highest BCUT2D eigenvalue weighted by atomic mass is 16.2. The van der Waals surface area contributed by atoms with Gasteiger partial charge in [0.1, 0.15) is 5.78 Å². The molecule has 1 fully saturated rings. The molecule has 1 N–H and O–H groups in total. The quantitative estimate of drug-likeness (QED) is 0.692. The van der Waals surface area contributed by atoms with Gasteiger partial charge in [-0.2, -0.15) is 0 Å². The van der Waals surface area contributed by atoms with Gasteiger partial charge in [0.05, 0.1) is 12.0 Å². The van der Waals surface area contributed by atoms with Gasteiger partial charge in [0, 0.05) is 12.3 Å². The SMILES string of the molecule is CCC(=O)C(C)C1NC(=O)C1C(C)C. The van der Waals surface area contributed by atoms with Gasteiger partial charge in [-0.15, -0.1) is 0 Å². The molecule has 0 saturated carbocycles. The van der Waals surface area contributed by atoms with Crippen LogP contribution in [0.15, 0.2) is 0 Å². The molecule has 3 heteroatoms. The van der Waals surface area contributed by atoms with Gasteiger partial charge in [0.2, 0.25) is 5.91 Å². The molecule has 3 nitrogen and oxygen atoms in total. The molecular formula is C11H19NO2. The van der Waals surface area contributed by atoms with Crippen LogP contribution in [0.2, 0.25) is 0 Å². The summed E-state index contributed by atoms with van der Waals surface area (Å²) in [5.41, 5.74) is 0. The summed E-state index contributed by atoms with van der Waals surface area (Å²) in [6, 6.07) is 0.0648. The lowest BCUT2D eigenvalue weighted by Gasteiger charge is -2.42. The Labute approximate surface area is 85.3 Å². The summed E-state index contributed by atoms with van der Waals surface area (Å²) >= 11 is 0. The molecular weight excluding hydrogens is 178 g/mol. The third-order valence-corrected chi connectivity index (χ3v) is 3.11. The number of carbonyl (C=O) groups is 2. The number of ketones is 1. The van der Waals surface area contributed by atoms with Crippen LogP contribution in [0.1, 0.15) is 34.1 Å². The number of rotatable bonds is 4. The van der Waals surface area contributed by atoms with Crippen molar-refractivity contribution < 1.29 is 9.59 Å². The summed E-state index contributed by atoms with van der Waals surface area (Å²) in [5, 5.41) is 2.83. The summed E-state index contributed by atoms with van der Waals surface area (Å²) in [4.78, 5) is 22.7. The van der Waals surface area contributed by atoms with Crippen molar-refractivity contribution in [2.24, 2.45) is 17.8 Å². The van der Waals surface area contributed by atoms with Crippen molar-refractivity contribution >= 4 is 11.7 Å². The van der Waals surface area contributed by atoms with Gasteiger partial charge >= 0.3 is 0 Å². The second-order valence-electron chi connectivity index (χ2n) is 4.41. The van der Waals surface area contributed by atoms with Crippen molar-refractivity contribution in [1.82, 2.24) is 5.32 Å². The minimum absolute atomic E-state index is 0.0282. The predicted octanol–water partition coefficient (Wildman–Crippen LogP) is 1.37. The van der Waals surface area contributed by atoms with Gasteiger partial charge < -0.3 is 5.32 Å². The Morgan fingerprint density at radius 1 is 1.43 bits per heavy atom. The molecule has 3 atom stereocenters. The second kappa shape index (κ2) is 4.11. The van der Waals surface area contributed by atoms with Crippen molar-refractivity contribution in [3.8, 4) is 0 Å². The van der Waals surface area contributed by atoms with E-state index in [1.807, 2.05) is 27.7 Å². The van der Waals surface area contributed by atoms with E-state index in [0.717, 1.165) is 0 Å². The normalized spacial score (nSPS) is 28.2. The molecule has 1 saturated heterocycles. The Kier molecular flexibility index (Phi) is 3.29. The number of nitrogens with one attached hydrogen (secondary N) is 1. The smallest absolute Gasteiger partial charge is 0.225 e. The van der Waals surface area contributed by atoms with E-state index in [4.69, 9.17) is 0 Å². The molecule has 1 rings (SSSR count). The zero-order chi connectivity index (χ0) is 10.9. The first-order valence-electron chi connectivity index (χ1n) is 5.32. The van der Waals surface area contributed by atoms with Crippen LogP contribution in [-0.2, 0) is 9.59 Å². The van der Waals surface area contributed by atoms with E-state index in [1.165, 1.54) is 0 Å². The molecule has 14 heavy (non-hydrogen) atoms. The number of hydrogen-bond acceptors (Lipinski definition) is 2. The fourth-order valence-corrected chi connectivity index (χ4v) is 2.09. The first-order valence-corrected chi connectivity index (χ1v) is 5.32. The summed E-state index contributed by atoms with van der Waals surface area (Å²) in [5.74, 6) is 0.646. The van der Waals surface area contributed by atoms with Crippen LogP contribution in [-0.4, -0.2) is 17.7 Å². The molecule has 3 unspecified atom stereocenters. The maximum Gasteiger partial charge on any atom is 0.225 e. The van der Waals surface area contributed by atoms with Crippen LogP contribution in [0.3, 0.4) is 0 Å². The third kappa shape index (κ3) is 1.81. The molecule has 1 aliphatic heterocycles. The van der Waals surface area contributed by atoms with Crippen molar-refractivity contribution in [2.45, 2.75) is 40.2 Å². The van der Waals surface area contributed by atoms with Crippen LogP contribution in [0.5, 0.6) is 0 Å². The molecule has 0 bridgehead atoms. The monoisotopic (exact) mass is 197 g/mol. The van der Waals surface area contributed by atoms with Crippen molar-refractivity contribution in [3.63, 3.8) is 0 Å². The van der Waals surface area contributed by atoms with Crippen LogP contribution in [0, 0.1) is 17.8 Å². The lowest BCUT2D eigenvalue weighted by molar-refractivity contribution is -0.141. The fourth-order valence-electron chi connectivity index (χ4n) is 2.09. The summed E-state index contributed by atoms with van der Waals surface area (Å²) in [7, 11) is 0. The molecule has 0 aliphatic carbocycles. The topological polar surface area (TPSA) is 46.2 Å². The molecule has 0 spiro atoms. The zero-order valence-electron chi connectivity index (χ0n) is 9.33. The first-order chi connectivity index (χ1) is 6.49. The Hall–Kier alpha value is -0.860. The lowest BCUT2D eigenvalue weighted by Crippen LogP contribution is -2.63. The minimum Gasteiger partial charge on any atom is -0.352 e. The first kappa shape index (κ1) is 11.2. The van der Waals surface area contributed by atoms with E-state index in [-0.39, 0.29) is 29.6 Å². The van der Waals surface area contributed by atoms with Crippen molar-refractivity contribution in [3.05, 3.63) is 0 Å². The van der Waals surface area contributed by atoms with Crippen molar-refractivity contribution in [2.75, 3.05) is 0 Å². The van der Waals surface area contributed by atoms with Gasteiger partial charge in [-0.3, -0.25) is 9.59 Å². The molecule has 1 amide bonds. The average Bonchev–Trinajstić information content (AvgIpc) is 2.10.